The van der Waals surface area contributed by atoms with Gasteiger partial charge in [-0.15, -0.1) is 0 Å². The predicted molar refractivity (Wildman–Crippen MR) is 72.4 cm³/mol. The molecule has 0 aromatic heterocycles. The molecule has 0 spiro atoms. The molecule has 1 heterocycles. The molecule has 1 fully saturated rings. The lowest BCUT2D eigenvalue weighted by Gasteiger charge is -2.26. The summed E-state index contributed by atoms with van der Waals surface area (Å²) in [6, 6.07) is 5.38. The SMILES string of the molecule is O=C(c1ccc(Br)cc1Cl)N1CCSCC1. The third kappa shape index (κ3) is 2.73. The van der Waals surface area contributed by atoms with Gasteiger partial charge in [0, 0.05) is 29.1 Å². The van der Waals surface area contributed by atoms with Crippen molar-refractivity contribution in [2.75, 3.05) is 24.6 Å². The Morgan fingerprint density at radius 2 is 2.06 bits per heavy atom. The molecule has 1 aromatic carbocycles. The second-order valence-corrected chi connectivity index (χ2v) is 6.08. The van der Waals surface area contributed by atoms with Crippen molar-refractivity contribution in [3.8, 4) is 0 Å². The van der Waals surface area contributed by atoms with E-state index in [0.29, 0.717) is 10.6 Å². The minimum atomic E-state index is 0.0396. The molecule has 2 nitrogen and oxygen atoms in total. The maximum atomic E-state index is 12.1. The molecule has 1 aromatic rings. The van der Waals surface area contributed by atoms with Gasteiger partial charge in [0.25, 0.3) is 5.91 Å². The summed E-state index contributed by atoms with van der Waals surface area (Å²) in [5.41, 5.74) is 0.594. The zero-order chi connectivity index (χ0) is 11.5. The quantitative estimate of drug-likeness (QED) is 0.791. The molecule has 5 heteroatoms. The second-order valence-electron chi connectivity index (χ2n) is 3.53. The fraction of sp³-hybridized carbons (Fsp3) is 0.364. The molecule has 1 aliphatic heterocycles. The standard InChI is InChI=1S/C11H11BrClNOS/c12-8-1-2-9(10(13)7-8)11(15)14-3-5-16-6-4-14/h1-2,7H,3-6H2. The van der Waals surface area contributed by atoms with Crippen molar-refractivity contribution in [3.63, 3.8) is 0 Å². The summed E-state index contributed by atoms with van der Waals surface area (Å²) in [5.74, 6) is 2.07. The first-order valence-corrected chi connectivity index (χ1v) is 7.33. The number of rotatable bonds is 1. The van der Waals surface area contributed by atoms with Crippen molar-refractivity contribution in [3.05, 3.63) is 33.3 Å². The maximum absolute atomic E-state index is 12.1. The Bertz CT molecular complexity index is 407. The van der Waals surface area contributed by atoms with Crippen LogP contribution in [0, 0.1) is 0 Å². The summed E-state index contributed by atoms with van der Waals surface area (Å²) in [5, 5.41) is 0.512. The molecule has 86 valence electrons. The summed E-state index contributed by atoms with van der Waals surface area (Å²) >= 11 is 11.3. The van der Waals surface area contributed by atoms with Gasteiger partial charge in [0.05, 0.1) is 10.6 Å². The summed E-state index contributed by atoms with van der Waals surface area (Å²) in [6.07, 6.45) is 0. The summed E-state index contributed by atoms with van der Waals surface area (Å²) in [7, 11) is 0. The van der Waals surface area contributed by atoms with E-state index < -0.39 is 0 Å². The third-order valence-electron chi connectivity index (χ3n) is 2.46. The molecule has 0 unspecified atom stereocenters. The van der Waals surface area contributed by atoms with Gasteiger partial charge in [-0.1, -0.05) is 27.5 Å². The highest BCUT2D eigenvalue weighted by Crippen LogP contribution is 2.23. The molecule has 0 radical (unpaired) electrons. The molecular formula is C11H11BrClNOS. The van der Waals surface area contributed by atoms with E-state index in [4.69, 9.17) is 11.6 Å². The summed E-state index contributed by atoms with van der Waals surface area (Å²) < 4.78 is 0.892. The lowest BCUT2D eigenvalue weighted by atomic mass is 10.2. The van der Waals surface area contributed by atoms with E-state index in [-0.39, 0.29) is 5.91 Å². The lowest BCUT2D eigenvalue weighted by Crippen LogP contribution is -2.38. The Morgan fingerprint density at radius 1 is 1.38 bits per heavy atom. The molecule has 2 rings (SSSR count). The third-order valence-corrected chi connectivity index (χ3v) is 4.21. The molecule has 0 N–H and O–H groups in total. The van der Waals surface area contributed by atoms with Crippen LogP contribution in [0.5, 0.6) is 0 Å². The van der Waals surface area contributed by atoms with Gasteiger partial charge in [-0.2, -0.15) is 11.8 Å². The van der Waals surface area contributed by atoms with Crippen molar-refractivity contribution in [2.24, 2.45) is 0 Å². The molecule has 16 heavy (non-hydrogen) atoms. The first kappa shape index (κ1) is 12.3. The van der Waals surface area contributed by atoms with Crippen LogP contribution in [-0.4, -0.2) is 35.4 Å². The predicted octanol–water partition coefficient (Wildman–Crippen LogP) is 3.29. The zero-order valence-electron chi connectivity index (χ0n) is 8.58. The normalized spacial score (nSPS) is 16.2. The van der Waals surface area contributed by atoms with E-state index in [9.17, 15) is 4.79 Å². The molecule has 1 amide bonds. The Kier molecular flexibility index (Phi) is 4.16. The van der Waals surface area contributed by atoms with Gasteiger partial charge >= 0.3 is 0 Å². The fourth-order valence-electron chi connectivity index (χ4n) is 1.60. The number of amides is 1. The van der Waals surface area contributed by atoms with Gasteiger partial charge in [-0.25, -0.2) is 0 Å². The molecule has 1 saturated heterocycles. The van der Waals surface area contributed by atoms with Crippen molar-refractivity contribution < 1.29 is 4.79 Å². The Hall–Kier alpha value is -0.190. The van der Waals surface area contributed by atoms with Crippen LogP contribution in [0.25, 0.3) is 0 Å². The van der Waals surface area contributed by atoms with Crippen LogP contribution in [0.4, 0.5) is 0 Å². The maximum Gasteiger partial charge on any atom is 0.255 e. The Labute approximate surface area is 112 Å². The largest absolute Gasteiger partial charge is 0.337 e. The highest BCUT2D eigenvalue weighted by molar-refractivity contribution is 9.10. The van der Waals surface area contributed by atoms with Gasteiger partial charge in [0.15, 0.2) is 0 Å². The molecule has 0 bridgehead atoms. The molecular weight excluding hydrogens is 310 g/mol. The Balaban J connectivity index is 2.19. The van der Waals surface area contributed by atoms with Gasteiger partial charge in [0.2, 0.25) is 0 Å². The van der Waals surface area contributed by atoms with Crippen LogP contribution >= 0.6 is 39.3 Å². The molecule has 0 aliphatic carbocycles. The van der Waals surface area contributed by atoms with Crippen LogP contribution in [0.1, 0.15) is 10.4 Å². The van der Waals surface area contributed by atoms with Crippen LogP contribution in [-0.2, 0) is 0 Å². The first-order valence-electron chi connectivity index (χ1n) is 5.00. The van der Waals surface area contributed by atoms with Crippen LogP contribution in [0.2, 0.25) is 5.02 Å². The van der Waals surface area contributed by atoms with E-state index in [0.717, 1.165) is 29.1 Å². The monoisotopic (exact) mass is 319 g/mol. The van der Waals surface area contributed by atoms with Gasteiger partial charge in [-0.05, 0) is 18.2 Å². The topological polar surface area (TPSA) is 20.3 Å². The van der Waals surface area contributed by atoms with Crippen molar-refractivity contribution in [1.29, 1.82) is 0 Å². The highest BCUT2D eigenvalue weighted by atomic mass is 79.9. The van der Waals surface area contributed by atoms with Gasteiger partial charge in [0.1, 0.15) is 0 Å². The number of carbonyl (C=O) groups excluding carboxylic acids is 1. The van der Waals surface area contributed by atoms with Gasteiger partial charge < -0.3 is 4.90 Å². The number of thioether (sulfide) groups is 1. The summed E-state index contributed by atoms with van der Waals surface area (Å²) in [6.45, 7) is 1.63. The van der Waals surface area contributed by atoms with Crippen molar-refractivity contribution in [1.82, 2.24) is 4.90 Å². The number of hydrogen-bond donors (Lipinski definition) is 0. The number of nitrogens with zero attached hydrogens (tertiary/aromatic N) is 1. The minimum Gasteiger partial charge on any atom is -0.337 e. The summed E-state index contributed by atoms with van der Waals surface area (Å²) in [4.78, 5) is 14.0. The fourth-order valence-corrected chi connectivity index (χ4v) is 3.26. The lowest BCUT2D eigenvalue weighted by molar-refractivity contribution is 0.0772. The van der Waals surface area contributed by atoms with E-state index in [1.54, 1.807) is 12.1 Å². The highest BCUT2D eigenvalue weighted by Gasteiger charge is 2.20. The van der Waals surface area contributed by atoms with E-state index >= 15 is 0 Å². The van der Waals surface area contributed by atoms with Gasteiger partial charge in [-0.3, -0.25) is 4.79 Å². The average Bonchev–Trinajstić information content (AvgIpc) is 2.29. The average molecular weight is 321 g/mol. The van der Waals surface area contributed by atoms with Crippen molar-refractivity contribution >= 4 is 45.2 Å². The van der Waals surface area contributed by atoms with E-state index in [1.807, 2.05) is 22.7 Å². The molecule has 0 saturated carbocycles. The molecule has 1 aliphatic rings. The van der Waals surface area contributed by atoms with Crippen LogP contribution in [0.15, 0.2) is 22.7 Å². The van der Waals surface area contributed by atoms with Crippen molar-refractivity contribution in [2.45, 2.75) is 0 Å². The molecule has 0 atom stereocenters. The first-order chi connectivity index (χ1) is 7.68. The minimum absolute atomic E-state index is 0.0396. The smallest absolute Gasteiger partial charge is 0.255 e. The van der Waals surface area contributed by atoms with Crippen LogP contribution in [0.3, 0.4) is 0 Å². The van der Waals surface area contributed by atoms with Crippen LogP contribution < -0.4 is 0 Å². The number of carbonyl (C=O) groups is 1. The zero-order valence-corrected chi connectivity index (χ0v) is 11.7. The Morgan fingerprint density at radius 3 is 2.69 bits per heavy atom. The number of benzene rings is 1. The number of hydrogen-bond acceptors (Lipinski definition) is 2. The number of halogens is 2. The van der Waals surface area contributed by atoms with E-state index in [2.05, 4.69) is 15.9 Å². The van der Waals surface area contributed by atoms with E-state index in [1.165, 1.54) is 0 Å². The second kappa shape index (κ2) is 5.43.